The molecule has 0 saturated carbocycles. The molecular weight excluding hydrogens is 397 g/mol. The first-order valence-corrected chi connectivity index (χ1v) is 10.2. The standard InChI is InChI=1S/C21H21Cl2N3O2/c22-16-6-4-15(5-7-16)14-26-20(27)13-19(21(26)28)25-10-8-24(9-11-25)18-3-1-2-17(23)12-18/h1-7,12,19H,8-11,13-14H2/p+1/t19-/m0/s1. The van der Waals surface area contributed by atoms with Gasteiger partial charge in [-0.1, -0.05) is 41.4 Å². The van der Waals surface area contributed by atoms with E-state index in [1.54, 1.807) is 12.1 Å². The minimum Gasteiger partial charge on any atom is -0.360 e. The van der Waals surface area contributed by atoms with Crippen molar-refractivity contribution >= 4 is 40.7 Å². The van der Waals surface area contributed by atoms with E-state index in [4.69, 9.17) is 23.2 Å². The van der Waals surface area contributed by atoms with Crippen LogP contribution in [0, 0.1) is 0 Å². The molecule has 2 aromatic rings. The molecule has 4 rings (SSSR count). The molecule has 0 unspecified atom stereocenters. The second-order valence-electron chi connectivity index (χ2n) is 7.33. The number of hydrogen-bond acceptors (Lipinski definition) is 3. The summed E-state index contributed by atoms with van der Waals surface area (Å²) in [6, 6.07) is 14.8. The lowest BCUT2D eigenvalue weighted by Crippen LogP contribution is -3.19. The van der Waals surface area contributed by atoms with Crippen LogP contribution in [0.4, 0.5) is 5.69 Å². The number of quaternary nitrogens is 1. The maximum absolute atomic E-state index is 12.9. The monoisotopic (exact) mass is 418 g/mol. The molecule has 2 heterocycles. The molecule has 28 heavy (non-hydrogen) atoms. The summed E-state index contributed by atoms with van der Waals surface area (Å²) in [5.74, 6) is -0.152. The molecule has 0 bridgehead atoms. The molecule has 1 N–H and O–H groups in total. The second-order valence-corrected chi connectivity index (χ2v) is 8.20. The number of rotatable bonds is 4. The van der Waals surface area contributed by atoms with E-state index in [9.17, 15) is 9.59 Å². The topological polar surface area (TPSA) is 45.1 Å². The van der Waals surface area contributed by atoms with Gasteiger partial charge in [0, 0.05) is 15.7 Å². The molecule has 0 radical (unpaired) electrons. The van der Waals surface area contributed by atoms with Gasteiger partial charge in [-0.25, -0.2) is 0 Å². The maximum Gasteiger partial charge on any atom is 0.288 e. The summed E-state index contributed by atoms with van der Waals surface area (Å²) in [4.78, 5) is 30.2. The van der Waals surface area contributed by atoms with Crippen LogP contribution < -0.4 is 9.80 Å². The number of likely N-dealkylation sites (tertiary alicyclic amines) is 1. The summed E-state index contributed by atoms with van der Waals surface area (Å²) in [6.07, 6.45) is 0.291. The third kappa shape index (κ3) is 4.02. The summed E-state index contributed by atoms with van der Waals surface area (Å²) in [5.41, 5.74) is 2.01. The molecule has 1 atom stereocenters. The minimum atomic E-state index is -0.277. The van der Waals surface area contributed by atoms with Crippen LogP contribution in [0.2, 0.25) is 10.0 Å². The van der Waals surface area contributed by atoms with Crippen LogP contribution in [0.5, 0.6) is 0 Å². The average molecular weight is 419 g/mol. The zero-order valence-electron chi connectivity index (χ0n) is 15.4. The molecular formula is C21H22Cl2N3O2+. The highest BCUT2D eigenvalue weighted by molar-refractivity contribution is 6.31. The van der Waals surface area contributed by atoms with Crippen LogP contribution in [0.1, 0.15) is 12.0 Å². The van der Waals surface area contributed by atoms with Gasteiger partial charge < -0.3 is 9.80 Å². The maximum atomic E-state index is 12.9. The number of imide groups is 1. The quantitative estimate of drug-likeness (QED) is 0.772. The second kappa shape index (κ2) is 8.11. The molecule has 2 aliphatic rings. The molecule has 0 aromatic heterocycles. The van der Waals surface area contributed by atoms with Crippen molar-refractivity contribution in [2.75, 3.05) is 31.1 Å². The van der Waals surface area contributed by atoms with Crippen LogP contribution in [0.25, 0.3) is 0 Å². The fourth-order valence-corrected chi connectivity index (χ4v) is 4.32. The molecule has 2 fully saturated rings. The van der Waals surface area contributed by atoms with Crippen molar-refractivity contribution in [3.63, 3.8) is 0 Å². The van der Waals surface area contributed by atoms with Gasteiger partial charge in [0.05, 0.1) is 39.1 Å². The van der Waals surface area contributed by atoms with Gasteiger partial charge in [0.2, 0.25) is 5.91 Å². The molecule has 0 aliphatic carbocycles. The van der Waals surface area contributed by atoms with E-state index in [1.165, 1.54) is 9.80 Å². The van der Waals surface area contributed by atoms with Crippen molar-refractivity contribution in [2.24, 2.45) is 0 Å². The highest BCUT2D eigenvalue weighted by atomic mass is 35.5. The smallest absolute Gasteiger partial charge is 0.288 e. The largest absolute Gasteiger partial charge is 0.360 e. The van der Waals surface area contributed by atoms with E-state index in [0.717, 1.165) is 42.5 Å². The molecule has 7 heteroatoms. The van der Waals surface area contributed by atoms with Gasteiger partial charge in [-0.15, -0.1) is 0 Å². The van der Waals surface area contributed by atoms with Crippen molar-refractivity contribution < 1.29 is 14.5 Å². The number of piperazine rings is 1. The highest BCUT2D eigenvalue weighted by Gasteiger charge is 2.45. The van der Waals surface area contributed by atoms with Gasteiger partial charge in [-0.3, -0.25) is 14.5 Å². The van der Waals surface area contributed by atoms with Crippen molar-refractivity contribution in [1.82, 2.24) is 4.90 Å². The number of nitrogens with one attached hydrogen (secondary N) is 1. The van der Waals surface area contributed by atoms with Crippen LogP contribution in [-0.4, -0.2) is 48.9 Å². The Balaban J connectivity index is 1.38. The Kier molecular flexibility index (Phi) is 5.58. The molecule has 2 aliphatic heterocycles. The van der Waals surface area contributed by atoms with E-state index in [-0.39, 0.29) is 17.9 Å². The van der Waals surface area contributed by atoms with Crippen LogP contribution in [0.15, 0.2) is 48.5 Å². The molecule has 5 nitrogen and oxygen atoms in total. The predicted octanol–water partition coefficient (Wildman–Crippen LogP) is 2.03. The summed E-state index contributed by atoms with van der Waals surface area (Å²) in [7, 11) is 0. The van der Waals surface area contributed by atoms with E-state index in [1.807, 2.05) is 30.3 Å². The fraction of sp³-hybridized carbons (Fsp3) is 0.333. The average Bonchev–Trinajstić information content (AvgIpc) is 2.98. The number of hydrogen-bond donors (Lipinski definition) is 1. The number of benzene rings is 2. The first-order valence-electron chi connectivity index (χ1n) is 9.45. The fourth-order valence-electron chi connectivity index (χ4n) is 4.01. The third-order valence-corrected chi connectivity index (χ3v) is 6.06. The Labute approximate surface area is 174 Å². The number of carbonyl (C=O) groups is 2. The minimum absolute atomic E-state index is 0.0637. The SMILES string of the molecule is O=C1C[C@H]([NH+]2CCN(c3cccc(Cl)c3)CC2)C(=O)N1Cc1ccc(Cl)cc1. The summed E-state index contributed by atoms with van der Waals surface area (Å²) in [5, 5.41) is 1.37. The number of nitrogens with zero attached hydrogens (tertiary/aromatic N) is 2. The Morgan fingerprint density at radius 1 is 0.964 bits per heavy atom. The predicted molar refractivity (Wildman–Crippen MR) is 110 cm³/mol. The third-order valence-electron chi connectivity index (χ3n) is 5.57. The normalized spacial score (nSPS) is 20.9. The number of carbonyl (C=O) groups excluding carboxylic acids is 2. The Morgan fingerprint density at radius 3 is 2.36 bits per heavy atom. The zero-order chi connectivity index (χ0) is 19.7. The van der Waals surface area contributed by atoms with Crippen molar-refractivity contribution in [3.05, 3.63) is 64.1 Å². The van der Waals surface area contributed by atoms with Crippen LogP contribution in [-0.2, 0) is 16.1 Å². The van der Waals surface area contributed by atoms with Crippen molar-refractivity contribution in [1.29, 1.82) is 0 Å². The Morgan fingerprint density at radius 2 is 1.68 bits per heavy atom. The highest BCUT2D eigenvalue weighted by Crippen LogP contribution is 2.20. The van der Waals surface area contributed by atoms with Gasteiger partial charge in [-0.2, -0.15) is 0 Å². The number of halogens is 2. The van der Waals surface area contributed by atoms with Gasteiger partial charge >= 0.3 is 0 Å². The lowest BCUT2D eigenvalue weighted by atomic mass is 10.1. The molecule has 2 amide bonds. The van der Waals surface area contributed by atoms with E-state index in [2.05, 4.69) is 11.0 Å². The van der Waals surface area contributed by atoms with Gasteiger partial charge in [0.15, 0.2) is 6.04 Å². The lowest BCUT2D eigenvalue weighted by molar-refractivity contribution is -0.915. The summed E-state index contributed by atoms with van der Waals surface area (Å²) in [6.45, 7) is 3.64. The molecule has 0 spiro atoms. The number of anilines is 1. The molecule has 146 valence electrons. The Hall–Kier alpha value is -2.08. The Bertz CT molecular complexity index is 879. The van der Waals surface area contributed by atoms with Crippen LogP contribution in [0.3, 0.4) is 0 Å². The van der Waals surface area contributed by atoms with Crippen molar-refractivity contribution in [3.8, 4) is 0 Å². The lowest BCUT2D eigenvalue weighted by Gasteiger charge is -2.35. The van der Waals surface area contributed by atoms with E-state index in [0.29, 0.717) is 18.0 Å². The van der Waals surface area contributed by atoms with Crippen LogP contribution >= 0.6 is 23.2 Å². The first kappa shape index (κ1) is 19.2. The first-order chi connectivity index (χ1) is 13.5. The molecule has 2 aromatic carbocycles. The van der Waals surface area contributed by atoms with E-state index >= 15 is 0 Å². The van der Waals surface area contributed by atoms with E-state index < -0.39 is 0 Å². The summed E-state index contributed by atoms with van der Waals surface area (Å²) >= 11 is 12.0. The number of amides is 2. The summed E-state index contributed by atoms with van der Waals surface area (Å²) < 4.78 is 0. The van der Waals surface area contributed by atoms with Gasteiger partial charge in [0.25, 0.3) is 5.91 Å². The zero-order valence-corrected chi connectivity index (χ0v) is 16.9. The van der Waals surface area contributed by atoms with Gasteiger partial charge in [0.1, 0.15) is 0 Å². The molecule has 2 saturated heterocycles. The van der Waals surface area contributed by atoms with Gasteiger partial charge in [-0.05, 0) is 35.9 Å². The van der Waals surface area contributed by atoms with Crippen molar-refractivity contribution in [2.45, 2.75) is 19.0 Å².